The number of rotatable bonds is 3. The topological polar surface area (TPSA) is 43.4 Å². The fraction of sp³-hybridized carbons (Fsp3) is 0.750. The third kappa shape index (κ3) is 2.84. The highest BCUT2D eigenvalue weighted by molar-refractivity contribution is 5.66. The minimum atomic E-state index is -0.197. The molecule has 0 aliphatic heterocycles. The summed E-state index contributed by atoms with van der Waals surface area (Å²) in [5.41, 5.74) is 1.90. The van der Waals surface area contributed by atoms with Crippen molar-refractivity contribution >= 4 is 12.3 Å². The zero-order valence-electron chi connectivity index (χ0n) is 17.2. The van der Waals surface area contributed by atoms with Gasteiger partial charge in [0.1, 0.15) is 12.4 Å². The van der Waals surface area contributed by atoms with Gasteiger partial charge in [-0.15, -0.1) is 0 Å². The molecule has 0 radical (unpaired) electrons. The monoisotopic (exact) mass is 370 g/mol. The second kappa shape index (κ2) is 6.60. The van der Waals surface area contributed by atoms with Crippen LogP contribution in [0.4, 0.5) is 0 Å². The lowest BCUT2D eigenvalue weighted by Gasteiger charge is -2.57. The van der Waals surface area contributed by atoms with E-state index >= 15 is 0 Å². The third-order valence-corrected chi connectivity index (χ3v) is 8.85. The summed E-state index contributed by atoms with van der Waals surface area (Å²) >= 11 is 0. The summed E-state index contributed by atoms with van der Waals surface area (Å²) in [4.78, 5) is 22.8. The molecule has 0 bridgehead atoms. The van der Waals surface area contributed by atoms with E-state index in [9.17, 15) is 9.59 Å². The number of hydrogen-bond donors (Lipinski definition) is 0. The predicted octanol–water partition coefficient (Wildman–Crippen LogP) is 5.11. The third-order valence-electron chi connectivity index (χ3n) is 8.85. The zero-order chi connectivity index (χ0) is 19.4. The molecule has 4 aliphatic rings. The average Bonchev–Trinajstić information content (AvgIpc) is 2.98. The van der Waals surface area contributed by atoms with Gasteiger partial charge < -0.3 is 9.53 Å². The van der Waals surface area contributed by atoms with Crippen LogP contribution >= 0.6 is 0 Å². The molecule has 0 aromatic rings. The molecule has 0 aromatic carbocycles. The maximum absolute atomic E-state index is 11.5. The van der Waals surface area contributed by atoms with Crippen molar-refractivity contribution in [2.45, 2.75) is 72.3 Å². The first-order valence-corrected chi connectivity index (χ1v) is 10.8. The maximum atomic E-state index is 11.5. The van der Waals surface area contributed by atoms with Gasteiger partial charge in [0.15, 0.2) is 0 Å². The van der Waals surface area contributed by atoms with E-state index in [-0.39, 0.29) is 23.4 Å². The number of carbonyl (C=O) groups is 2. The van der Waals surface area contributed by atoms with Crippen LogP contribution in [0.5, 0.6) is 0 Å². The molecule has 4 rings (SSSR count). The van der Waals surface area contributed by atoms with Crippen molar-refractivity contribution in [2.24, 2.45) is 40.4 Å². The van der Waals surface area contributed by atoms with Crippen molar-refractivity contribution < 1.29 is 14.3 Å². The van der Waals surface area contributed by atoms with E-state index in [1.807, 2.05) is 0 Å². The average molecular weight is 371 g/mol. The number of ether oxygens (including phenoxy) is 1. The van der Waals surface area contributed by atoms with Crippen molar-refractivity contribution in [3.05, 3.63) is 23.8 Å². The van der Waals surface area contributed by atoms with Crippen LogP contribution in [-0.2, 0) is 14.3 Å². The first-order chi connectivity index (χ1) is 12.8. The Labute approximate surface area is 163 Å². The van der Waals surface area contributed by atoms with Crippen molar-refractivity contribution in [3.8, 4) is 0 Å². The lowest BCUT2D eigenvalue weighted by molar-refractivity contribution is -0.144. The van der Waals surface area contributed by atoms with Gasteiger partial charge in [0.2, 0.25) is 0 Å². The zero-order valence-corrected chi connectivity index (χ0v) is 17.2. The standard InChI is InChI=1S/C24H34O3/c1-15(14-25)20-7-8-21-19-6-5-17-13-18(27-16(2)26)9-11-23(17,3)22(19)10-12-24(20,21)4/h5,9,11,14-15,18-22H,6-8,10,12-13H2,1-4H3/t15-,18+,19+,20-,21+,22+,23+,24-/m1/s1. The summed E-state index contributed by atoms with van der Waals surface area (Å²) in [5, 5.41) is 0. The molecule has 8 atom stereocenters. The highest BCUT2D eigenvalue weighted by Crippen LogP contribution is 2.66. The molecule has 0 unspecified atom stereocenters. The normalized spacial score (nSPS) is 46.5. The summed E-state index contributed by atoms with van der Waals surface area (Å²) in [6.07, 6.45) is 15.0. The number of carbonyl (C=O) groups excluding carboxylic acids is 2. The summed E-state index contributed by atoms with van der Waals surface area (Å²) in [6.45, 7) is 8.49. The van der Waals surface area contributed by atoms with Crippen LogP contribution in [0.3, 0.4) is 0 Å². The number of allylic oxidation sites excluding steroid dienone is 2. The van der Waals surface area contributed by atoms with E-state index in [0.29, 0.717) is 17.3 Å². The number of aldehydes is 1. The van der Waals surface area contributed by atoms with Gasteiger partial charge in [-0.25, -0.2) is 0 Å². The van der Waals surface area contributed by atoms with E-state index in [0.717, 1.165) is 24.7 Å². The molecule has 27 heavy (non-hydrogen) atoms. The smallest absolute Gasteiger partial charge is 0.303 e. The molecule has 4 aliphatic carbocycles. The van der Waals surface area contributed by atoms with Gasteiger partial charge in [0.25, 0.3) is 0 Å². The van der Waals surface area contributed by atoms with Gasteiger partial charge in [-0.3, -0.25) is 4.79 Å². The largest absolute Gasteiger partial charge is 0.458 e. The van der Waals surface area contributed by atoms with Crippen molar-refractivity contribution in [3.63, 3.8) is 0 Å². The van der Waals surface area contributed by atoms with E-state index < -0.39 is 0 Å². The molecular formula is C24H34O3. The molecule has 0 spiro atoms. The van der Waals surface area contributed by atoms with Gasteiger partial charge in [0.05, 0.1) is 0 Å². The van der Waals surface area contributed by atoms with Crippen LogP contribution in [0.15, 0.2) is 23.8 Å². The van der Waals surface area contributed by atoms with Crippen LogP contribution in [0.1, 0.15) is 66.2 Å². The van der Waals surface area contributed by atoms with Crippen LogP contribution in [0.2, 0.25) is 0 Å². The second-order valence-corrected chi connectivity index (χ2v) is 10.1. The van der Waals surface area contributed by atoms with Gasteiger partial charge in [-0.2, -0.15) is 0 Å². The van der Waals surface area contributed by atoms with Crippen LogP contribution < -0.4 is 0 Å². The molecule has 0 aromatic heterocycles. The second-order valence-electron chi connectivity index (χ2n) is 10.1. The van der Waals surface area contributed by atoms with Gasteiger partial charge in [-0.05, 0) is 67.3 Å². The van der Waals surface area contributed by atoms with Gasteiger partial charge in [-0.1, -0.05) is 38.5 Å². The lowest BCUT2D eigenvalue weighted by atomic mass is 9.48. The molecule has 0 amide bonds. The first kappa shape index (κ1) is 19.0. The van der Waals surface area contributed by atoms with E-state index in [2.05, 4.69) is 39.0 Å². The Hall–Kier alpha value is -1.38. The fourth-order valence-corrected chi connectivity index (χ4v) is 7.52. The predicted molar refractivity (Wildman–Crippen MR) is 106 cm³/mol. The quantitative estimate of drug-likeness (QED) is 0.394. The van der Waals surface area contributed by atoms with Crippen LogP contribution in [0.25, 0.3) is 0 Å². The SMILES string of the molecule is CC(=O)O[C@H]1C=C[C@@]2(C)C(=CC[C@H]3[C@@H]4CC[C@H]([C@H](C)C=O)[C@@]4(C)CC[C@@H]32)C1. The fourth-order valence-electron chi connectivity index (χ4n) is 7.52. The van der Waals surface area contributed by atoms with Crippen molar-refractivity contribution in [2.75, 3.05) is 0 Å². The first-order valence-electron chi connectivity index (χ1n) is 10.8. The van der Waals surface area contributed by atoms with Crippen molar-refractivity contribution in [1.29, 1.82) is 0 Å². The highest BCUT2D eigenvalue weighted by Gasteiger charge is 2.58. The lowest BCUT2D eigenvalue weighted by Crippen LogP contribution is -2.50. The molecule has 0 heterocycles. The van der Waals surface area contributed by atoms with Crippen molar-refractivity contribution in [1.82, 2.24) is 0 Å². The molecule has 3 heteroatoms. The summed E-state index contributed by atoms with van der Waals surface area (Å²) < 4.78 is 5.46. The Kier molecular flexibility index (Phi) is 4.63. The Bertz CT molecular complexity index is 692. The van der Waals surface area contributed by atoms with E-state index in [1.165, 1.54) is 44.5 Å². The van der Waals surface area contributed by atoms with Crippen LogP contribution in [-0.4, -0.2) is 18.4 Å². The Morgan fingerprint density at radius 2 is 2.04 bits per heavy atom. The molecule has 2 saturated carbocycles. The summed E-state index contributed by atoms with van der Waals surface area (Å²) in [7, 11) is 0. The molecular weight excluding hydrogens is 336 g/mol. The Morgan fingerprint density at radius 3 is 2.74 bits per heavy atom. The summed E-state index contributed by atoms with van der Waals surface area (Å²) in [5.74, 6) is 2.66. The van der Waals surface area contributed by atoms with E-state index in [1.54, 1.807) is 0 Å². The highest BCUT2D eigenvalue weighted by atomic mass is 16.5. The van der Waals surface area contributed by atoms with Gasteiger partial charge >= 0.3 is 5.97 Å². The number of esters is 1. The Balaban J connectivity index is 1.60. The van der Waals surface area contributed by atoms with E-state index in [4.69, 9.17) is 4.74 Å². The maximum Gasteiger partial charge on any atom is 0.303 e. The molecule has 0 saturated heterocycles. The molecule has 148 valence electrons. The van der Waals surface area contributed by atoms with Crippen LogP contribution in [0, 0.1) is 40.4 Å². The molecule has 0 N–H and O–H groups in total. The summed E-state index contributed by atoms with van der Waals surface area (Å²) in [6, 6.07) is 0. The molecule has 3 nitrogen and oxygen atoms in total. The number of fused-ring (bicyclic) bond motifs is 5. The Morgan fingerprint density at radius 1 is 1.26 bits per heavy atom. The minimum absolute atomic E-state index is 0.100. The van der Waals surface area contributed by atoms with Gasteiger partial charge in [0, 0.05) is 24.7 Å². The molecule has 2 fully saturated rings. The number of hydrogen-bond acceptors (Lipinski definition) is 3. The minimum Gasteiger partial charge on any atom is -0.458 e.